The van der Waals surface area contributed by atoms with Crippen molar-refractivity contribution in [1.29, 1.82) is 5.26 Å². The summed E-state index contributed by atoms with van der Waals surface area (Å²) in [5, 5.41) is 16.9. The van der Waals surface area contributed by atoms with E-state index in [1.54, 1.807) is 4.68 Å². The first-order chi connectivity index (χ1) is 16.3. The van der Waals surface area contributed by atoms with E-state index in [0.29, 0.717) is 43.4 Å². The maximum Gasteiger partial charge on any atom is 0.254 e. The smallest absolute Gasteiger partial charge is 0.254 e. The lowest BCUT2D eigenvalue weighted by atomic mass is 9.73. The summed E-state index contributed by atoms with van der Waals surface area (Å²) in [7, 11) is 0. The van der Waals surface area contributed by atoms with Gasteiger partial charge in [-0.1, -0.05) is 6.07 Å². The molecule has 2 aromatic heterocycles. The van der Waals surface area contributed by atoms with Crippen molar-refractivity contribution in [3.05, 3.63) is 71.4 Å². The van der Waals surface area contributed by atoms with E-state index in [-0.39, 0.29) is 23.7 Å². The van der Waals surface area contributed by atoms with Crippen molar-refractivity contribution in [3.8, 4) is 6.07 Å². The molecule has 1 fully saturated rings. The molecule has 1 aromatic carbocycles. The minimum atomic E-state index is -0.712. The van der Waals surface area contributed by atoms with Crippen LogP contribution in [0.2, 0.25) is 0 Å². The second-order valence-corrected chi connectivity index (χ2v) is 8.63. The molecule has 10 heteroatoms. The summed E-state index contributed by atoms with van der Waals surface area (Å²) in [5.41, 5.74) is 5.80. The second-order valence-electron chi connectivity index (χ2n) is 8.63. The summed E-state index contributed by atoms with van der Waals surface area (Å²) < 4.78 is 42.4. The molecular formula is C24H23F3N6O. The number of nitrogens with one attached hydrogen (secondary N) is 1. The van der Waals surface area contributed by atoms with Crippen molar-refractivity contribution in [3.63, 3.8) is 0 Å². The van der Waals surface area contributed by atoms with Crippen LogP contribution in [-0.4, -0.2) is 20.7 Å². The van der Waals surface area contributed by atoms with Gasteiger partial charge in [-0.15, -0.1) is 0 Å². The molecule has 0 atom stereocenters. The Balaban J connectivity index is 1.56. The van der Waals surface area contributed by atoms with Gasteiger partial charge in [-0.05, 0) is 55.7 Å². The van der Waals surface area contributed by atoms with E-state index in [9.17, 15) is 23.2 Å². The average molecular weight is 468 g/mol. The maximum atomic E-state index is 14.1. The van der Waals surface area contributed by atoms with Crippen LogP contribution in [0.4, 0.5) is 24.7 Å². The molecule has 0 saturated heterocycles. The monoisotopic (exact) mass is 468 g/mol. The highest BCUT2D eigenvalue weighted by Gasteiger charge is 2.39. The van der Waals surface area contributed by atoms with Crippen molar-refractivity contribution in [2.45, 2.75) is 44.1 Å². The third-order valence-electron chi connectivity index (χ3n) is 6.42. The highest BCUT2D eigenvalue weighted by molar-refractivity contribution is 5.98. The Morgan fingerprint density at radius 1 is 1.24 bits per heavy atom. The fraction of sp³-hybridized carbons (Fsp3) is 0.333. The number of benzene rings is 1. The van der Waals surface area contributed by atoms with E-state index in [0.717, 1.165) is 12.1 Å². The molecular weight excluding hydrogens is 445 g/mol. The lowest BCUT2D eigenvalue weighted by Crippen LogP contribution is -2.38. The molecule has 0 bridgehead atoms. The number of nitrogens with zero attached hydrogens (tertiary/aromatic N) is 4. The lowest BCUT2D eigenvalue weighted by molar-refractivity contribution is 0.1000. The molecule has 1 aliphatic rings. The lowest BCUT2D eigenvalue weighted by Gasteiger charge is -2.39. The van der Waals surface area contributed by atoms with Crippen molar-refractivity contribution >= 4 is 17.4 Å². The Kier molecular flexibility index (Phi) is 6.54. The molecule has 1 aliphatic carbocycles. The topological polar surface area (TPSA) is 110 Å². The Hall–Kier alpha value is -3.87. The third-order valence-corrected chi connectivity index (χ3v) is 6.42. The first kappa shape index (κ1) is 23.3. The van der Waals surface area contributed by atoms with E-state index in [4.69, 9.17) is 5.73 Å². The van der Waals surface area contributed by atoms with Crippen LogP contribution in [0.1, 0.15) is 48.0 Å². The number of carbonyl (C=O) groups excluding carboxylic acids is 1. The quantitative estimate of drug-likeness (QED) is 0.493. The van der Waals surface area contributed by atoms with Gasteiger partial charge in [0.2, 0.25) is 5.95 Å². The summed E-state index contributed by atoms with van der Waals surface area (Å²) in [6, 6.07) is 8.50. The molecule has 1 saturated carbocycles. The zero-order valence-corrected chi connectivity index (χ0v) is 18.3. The molecule has 3 aromatic rings. The molecule has 1 amide bonds. The van der Waals surface area contributed by atoms with Crippen molar-refractivity contribution < 1.29 is 18.0 Å². The van der Waals surface area contributed by atoms with Gasteiger partial charge in [0.25, 0.3) is 5.91 Å². The van der Waals surface area contributed by atoms with Gasteiger partial charge < -0.3 is 11.1 Å². The van der Waals surface area contributed by atoms with Crippen molar-refractivity contribution in [2.75, 3.05) is 5.32 Å². The van der Waals surface area contributed by atoms with E-state index in [2.05, 4.69) is 21.5 Å². The molecule has 0 unspecified atom stereocenters. The predicted octanol–water partition coefficient (Wildman–Crippen LogP) is 4.58. The second kappa shape index (κ2) is 9.55. The zero-order chi connectivity index (χ0) is 24.3. The number of nitriles is 1. The average Bonchev–Trinajstić information content (AvgIpc) is 3.22. The number of rotatable bonds is 7. The molecule has 3 N–H and O–H groups in total. The van der Waals surface area contributed by atoms with Crippen LogP contribution in [0.15, 0.2) is 42.7 Å². The highest BCUT2D eigenvalue weighted by Crippen LogP contribution is 2.42. The van der Waals surface area contributed by atoms with Gasteiger partial charge in [-0.3, -0.25) is 9.48 Å². The van der Waals surface area contributed by atoms with Crippen LogP contribution in [0.3, 0.4) is 0 Å². The fourth-order valence-electron chi connectivity index (χ4n) is 4.56. The van der Waals surface area contributed by atoms with Gasteiger partial charge in [-0.2, -0.15) is 14.8 Å². The number of pyridine rings is 1. The summed E-state index contributed by atoms with van der Waals surface area (Å²) in [6.07, 6.45) is 5.98. The van der Waals surface area contributed by atoms with Crippen LogP contribution in [0.5, 0.6) is 0 Å². The SMILES string of the molecule is N#CCC1(n2cc(C(N)=O)c(Nc3ccnc(F)c3)n2)CCC(Cc2ccc(F)cc2F)CC1. The predicted molar refractivity (Wildman–Crippen MR) is 118 cm³/mol. The normalized spacial score (nSPS) is 20.0. The zero-order valence-electron chi connectivity index (χ0n) is 18.3. The molecule has 0 radical (unpaired) electrons. The summed E-state index contributed by atoms with van der Waals surface area (Å²) in [4.78, 5) is 15.6. The number of amides is 1. The molecule has 176 valence electrons. The van der Waals surface area contributed by atoms with Crippen molar-refractivity contribution in [1.82, 2.24) is 14.8 Å². The number of hydrogen-bond donors (Lipinski definition) is 2. The number of hydrogen-bond acceptors (Lipinski definition) is 5. The first-order valence-electron chi connectivity index (χ1n) is 10.9. The Morgan fingerprint density at radius 2 is 2.00 bits per heavy atom. The molecule has 0 aliphatic heterocycles. The molecule has 0 spiro atoms. The standard InChI is InChI=1S/C24H23F3N6O/c25-17-2-1-16(20(26)12-17)11-15-3-6-24(7-4-15,8-9-28)33-14-19(22(29)34)23(32-33)31-18-5-10-30-21(27)13-18/h1-2,5,10,12-15H,3-4,6-8,11H2,(H2,29,34)(H,30,31,32). The van der Waals surface area contributed by atoms with Crippen molar-refractivity contribution in [2.24, 2.45) is 11.7 Å². The molecule has 7 nitrogen and oxygen atoms in total. The Morgan fingerprint density at radius 3 is 2.65 bits per heavy atom. The van der Waals surface area contributed by atoms with Gasteiger partial charge >= 0.3 is 0 Å². The number of anilines is 2. The van der Waals surface area contributed by atoms with Crippen LogP contribution < -0.4 is 11.1 Å². The van der Waals surface area contributed by atoms with Gasteiger partial charge in [0.1, 0.15) is 17.2 Å². The van der Waals surface area contributed by atoms with Gasteiger partial charge in [-0.25, -0.2) is 13.8 Å². The Bertz CT molecular complexity index is 1240. The molecule has 2 heterocycles. The molecule has 34 heavy (non-hydrogen) atoms. The molecule has 4 rings (SSSR count). The summed E-state index contributed by atoms with van der Waals surface area (Å²) in [5.74, 6) is -2.25. The third kappa shape index (κ3) is 4.88. The first-order valence-corrected chi connectivity index (χ1v) is 10.9. The van der Waals surface area contributed by atoms with Gasteiger partial charge in [0, 0.05) is 30.2 Å². The number of primary amides is 1. The van der Waals surface area contributed by atoms with E-state index < -0.39 is 29.0 Å². The van der Waals surface area contributed by atoms with Gasteiger partial charge in [0.05, 0.1) is 18.0 Å². The number of nitrogens with two attached hydrogens (primary N) is 1. The summed E-state index contributed by atoms with van der Waals surface area (Å²) >= 11 is 0. The largest absolute Gasteiger partial charge is 0.365 e. The van der Waals surface area contributed by atoms with E-state index in [1.807, 2.05) is 0 Å². The van der Waals surface area contributed by atoms with E-state index in [1.165, 1.54) is 30.6 Å². The van der Waals surface area contributed by atoms with E-state index >= 15 is 0 Å². The number of halogens is 3. The minimum absolute atomic E-state index is 0.116. The highest BCUT2D eigenvalue weighted by atomic mass is 19.1. The maximum absolute atomic E-state index is 14.1. The minimum Gasteiger partial charge on any atom is -0.365 e. The number of carbonyl (C=O) groups is 1. The van der Waals surface area contributed by atoms with Gasteiger partial charge in [0.15, 0.2) is 5.82 Å². The fourth-order valence-corrected chi connectivity index (χ4v) is 4.56. The summed E-state index contributed by atoms with van der Waals surface area (Å²) in [6.45, 7) is 0. The van der Waals surface area contributed by atoms with Crippen LogP contribution in [-0.2, 0) is 12.0 Å². The number of aromatic nitrogens is 3. The Labute approximate surface area is 194 Å². The van der Waals surface area contributed by atoms with Crippen LogP contribution >= 0.6 is 0 Å². The van der Waals surface area contributed by atoms with Crippen LogP contribution in [0.25, 0.3) is 0 Å². The van der Waals surface area contributed by atoms with Crippen LogP contribution in [0, 0.1) is 34.8 Å².